The fourth-order valence-electron chi connectivity index (χ4n) is 3.10. The highest BCUT2D eigenvalue weighted by Crippen LogP contribution is 2.22. The van der Waals surface area contributed by atoms with Gasteiger partial charge in [-0.2, -0.15) is 4.31 Å². The number of carbonyl (C=O) groups is 1. The van der Waals surface area contributed by atoms with Gasteiger partial charge in [0.25, 0.3) is 5.69 Å². The van der Waals surface area contributed by atoms with Crippen LogP contribution in [0.4, 0.5) is 5.69 Å². The number of hydrogen-bond donors (Lipinski definition) is 1. The molecule has 1 N–H and O–H groups in total. The van der Waals surface area contributed by atoms with Gasteiger partial charge < -0.3 is 10.1 Å². The van der Waals surface area contributed by atoms with Crippen LogP contribution in [0, 0.1) is 10.1 Å². The average Bonchev–Trinajstić information content (AvgIpc) is 3.32. The summed E-state index contributed by atoms with van der Waals surface area (Å²) in [5.74, 6) is 0.143. The van der Waals surface area contributed by atoms with Crippen molar-refractivity contribution in [3.05, 3.63) is 70.3 Å². The lowest BCUT2D eigenvalue weighted by Gasteiger charge is -2.15. The van der Waals surface area contributed by atoms with Gasteiger partial charge in [-0.05, 0) is 48.7 Å². The van der Waals surface area contributed by atoms with E-state index >= 15 is 0 Å². The van der Waals surface area contributed by atoms with Crippen molar-refractivity contribution in [3.8, 4) is 5.75 Å². The predicted octanol–water partition coefficient (Wildman–Crippen LogP) is 2.59. The van der Waals surface area contributed by atoms with Crippen molar-refractivity contribution in [3.63, 3.8) is 0 Å². The second-order valence-corrected chi connectivity index (χ2v) is 8.85. The standard InChI is InChI=1S/C21H23N3O6S/c25-21(11-6-17-4-3-5-18(16-17)24(26)27)22-12-15-30-19-7-9-20(10-8-19)31(28,29)23-13-1-2-14-23/h3-11,16H,1-2,12-15H2,(H,22,25)/b11-6+. The number of amides is 1. The van der Waals surface area contributed by atoms with E-state index in [-0.39, 0.29) is 29.6 Å². The largest absolute Gasteiger partial charge is 0.492 e. The summed E-state index contributed by atoms with van der Waals surface area (Å²) in [6.45, 7) is 1.55. The molecule has 164 valence electrons. The van der Waals surface area contributed by atoms with E-state index in [4.69, 9.17) is 4.74 Å². The Morgan fingerprint density at radius 3 is 2.55 bits per heavy atom. The molecule has 0 spiro atoms. The number of nitrogens with zero attached hydrogens (tertiary/aromatic N) is 2. The molecule has 0 radical (unpaired) electrons. The van der Waals surface area contributed by atoms with Gasteiger partial charge in [0.1, 0.15) is 12.4 Å². The molecule has 1 amide bonds. The van der Waals surface area contributed by atoms with Crippen molar-refractivity contribution in [2.24, 2.45) is 0 Å². The fourth-order valence-corrected chi connectivity index (χ4v) is 4.62. The van der Waals surface area contributed by atoms with E-state index in [2.05, 4.69) is 5.32 Å². The minimum atomic E-state index is -3.45. The summed E-state index contributed by atoms with van der Waals surface area (Å²) >= 11 is 0. The molecule has 31 heavy (non-hydrogen) atoms. The molecule has 2 aromatic rings. The first kappa shape index (κ1) is 22.4. The SMILES string of the molecule is O=C(/C=C/c1cccc([N+](=O)[O-])c1)NCCOc1ccc(S(=O)(=O)N2CCCC2)cc1. The van der Waals surface area contributed by atoms with Crippen molar-refractivity contribution in [1.82, 2.24) is 9.62 Å². The van der Waals surface area contributed by atoms with Crippen molar-refractivity contribution < 1.29 is 22.9 Å². The maximum atomic E-state index is 12.5. The number of hydrogen-bond acceptors (Lipinski definition) is 6. The Kier molecular flexibility index (Phi) is 7.37. The van der Waals surface area contributed by atoms with Crippen LogP contribution in [0.25, 0.3) is 6.08 Å². The minimum absolute atomic E-state index is 0.0461. The van der Waals surface area contributed by atoms with Crippen LogP contribution >= 0.6 is 0 Å². The van der Waals surface area contributed by atoms with Crippen LogP contribution in [0.15, 0.2) is 59.5 Å². The molecule has 0 bridgehead atoms. The summed E-state index contributed by atoms with van der Waals surface area (Å²) in [7, 11) is -3.45. The third kappa shape index (κ3) is 6.12. The van der Waals surface area contributed by atoms with E-state index in [0.29, 0.717) is 24.4 Å². The monoisotopic (exact) mass is 445 g/mol. The molecule has 10 heteroatoms. The smallest absolute Gasteiger partial charge is 0.270 e. The van der Waals surface area contributed by atoms with Crippen LogP contribution in [0.2, 0.25) is 0 Å². The summed E-state index contributed by atoms with van der Waals surface area (Å²) < 4.78 is 32.0. The van der Waals surface area contributed by atoms with Gasteiger partial charge in [-0.1, -0.05) is 12.1 Å². The lowest BCUT2D eigenvalue weighted by Crippen LogP contribution is -2.27. The molecule has 1 fully saturated rings. The number of nitro groups is 1. The maximum Gasteiger partial charge on any atom is 0.270 e. The van der Waals surface area contributed by atoms with Gasteiger partial charge in [0.15, 0.2) is 0 Å². The molecule has 0 aliphatic carbocycles. The first-order chi connectivity index (χ1) is 14.9. The molecule has 0 aromatic heterocycles. The number of carbonyl (C=O) groups excluding carboxylic acids is 1. The highest BCUT2D eigenvalue weighted by Gasteiger charge is 2.26. The molecule has 1 aliphatic rings. The van der Waals surface area contributed by atoms with Gasteiger partial charge in [0.2, 0.25) is 15.9 Å². The van der Waals surface area contributed by atoms with Crippen LogP contribution in [-0.2, 0) is 14.8 Å². The third-order valence-corrected chi connectivity index (χ3v) is 6.62. The number of benzene rings is 2. The van der Waals surface area contributed by atoms with Crippen molar-refractivity contribution >= 4 is 27.7 Å². The van der Waals surface area contributed by atoms with Gasteiger partial charge in [0.05, 0.1) is 16.4 Å². The Morgan fingerprint density at radius 2 is 1.87 bits per heavy atom. The first-order valence-corrected chi connectivity index (χ1v) is 11.2. The normalized spacial score (nSPS) is 14.6. The van der Waals surface area contributed by atoms with Gasteiger partial charge in [0, 0.05) is 31.3 Å². The number of non-ortho nitro benzene ring substituents is 1. The van der Waals surface area contributed by atoms with E-state index < -0.39 is 14.9 Å². The van der Waals surface area contributed by atoms with E-state index in [1.807, 2.05) is 0 Å². The first-order valence-electron chi connectivity index (χ1n) is 9.80. The van der Waals surface area contributed by atoms with E-state index in [1.54, 1.807) is 24.3 Å². The van der Waals surface area contributed by atoms with E-state index in [1.165, 1.54) is 40.7 Å². The topological polar surface area (TPSA) is 119 Å². The molecular formula is C21H23N3O6S. The molecule has 9 nitrogen and oxygen atoms in total. The quantitative estimate of drug-likeness (QED) is 0.274. The Balaban J connectivity index is 1.43. The Labute approximate surface area is 180 Å². The van der Waals surface area contributed by atoms with Gasteiger partial charge >= 0.3 is 0 Å². The zero-order chi connectivity index (χ0) is 22.3. The van der Waals surface area contributed by atoms with Crippen LogP contribution < -0.4 is 10.1 Å². The lowest BCUT2D eigenvalue weighted by atomic mass is 10.2. The molecule has 0 saturated carbocycles. The molecule has 2 aromatic carbocycles. The van der Waals surface area contributed by atoms with Crippen molar-refractivity contribution in [2.75, 3.05) is 26.2 Å². The van der Waals surface area contributed by atoms with Crippen LogP contribution in [0.5, 0.6) is 5.75 Å². The summed E-state index contributed by atoms with van der Waals surface area (Å²) in [5.41, 5.74) is 0.500. The Hall–Kier alpha value is -3.24. The number of rotatable bonds is 9. The molecular weight excluding hydrogens is 422 g/mol. The van der Waals surface area contributed by atoms with Crippen molar-refractivity contribution in [1.29, 1.82) is 0 Å². The van der Waals surface area contributed by atoms with E-state index in [9.17, 15) is 23.3 Å². The molecule has 1 heterocycles. The molecule has 0 atom stereocenters. The number of sulfonamides is 1. The third-order valence-electron chi connectivity index (χ3n) is 4.70. The van der Waals surface area contributed by atoms with Gasteiger partial charge in [-0.25, -0.2) is 8.42 Å². The molecule has 1 aliphatic heterocycles. The van der Waals surface area contributed by atoms with Gasteiger partial charge in [-0.15, -0.1) is 0 Å². The summed E-state index contributed by atoms with van der Waals surface area (Å²) in [6.07, 6.45) is 4.54. The van der Waals surface area contributed by atoms with Crippen LogP contribution in [0.1, 0.15) is 18.4 Å². The highest BCUT2D eigenvalue weighted by atomic mass is 32.2. The van der Waals surface area contributed by atoms with Crippen molar-refractivity contribution in [2.45, 2.75) is 17.7 Å². The Morgan fingerprint density at radius 1 is 1.16 bits per heavy atom. The summed E-state index contributed by atoms with van der Waals surface area (Å²) in [4.78, 5) is 22.4. The molecule has 0 unspecified atom stereocenters. The summed E-state index contributed by atoms with van der Waals surface area (Å²) in [6, 6.07) is 12.2. The second-order valence-electron chi connectivity index (χ2n) is 6.91. The number of nitrogens with one attached hydrogen (secondary N) is 1. The number of nitro benzene ring substituents is 1. The van der Waals surface area contributed by atoms with E-state index in [0.717, 1.165) is 12.8 Å². The lowest BCUT2D eigenvalue weighted by molar-refractivity contribution is -0.384. The highest BCUT2D eigenvalue weighted by molar-refractivity contribution is 7.89. The molecule has 3 rings (SSSR count). The average molecular weight is 445 g/mol. The van der Waals surface area contributed by atoms with Gasteiger partial charge in [-0.3, -0.25) is 14.9 Å². The zero-order valence-corrected chi connectivity index (χ0v) is 17.6. The Bertz CT molecular complexity index is 1060. The number of ether oxygens (including phenoxy) is 1. The maximum absolute atomic E-state index is 12.5. The predicted molar refractivity (Wildman–Crippen MR) is 115 cm³/mol. The van der Waals surface area contributed by atoms with Crippen LogP contribution in [-0.4, -0.2) is 49.8 Å². The fraction of sp³-hybridized carbons (Fsp3) is 0.286. The molecule has 1 saturated heterocycles. The van der Waals surface area contributed by atoms with Crippen LogP contribution in [0.3, 0.4) is 0 Å². The summed E-state index contributed by atoms with van der Waals surface area (Å²) in [5, 5.41) is 13.4. The second kappa shape index (κ2) is 10.2. The minimum Gasteiger partial charge on any atom is -0.492 e. The zero-order valence-electron chi connectivity index (χ0n) is 16.8.